The minimum atomic E-state index is -3.50. The van der Waals surface area contributed by atoms with Crippen molar-refractivity contribution in [1.29, 1.82) is 0 Å². The van der Waals surface area contributed by atoms with E-state index >= 15 is 0 Å². The fraction of sp³-hybridized carbons (Fsp3) is 0.250. The molecule has 6 heteroatoms. The minimum Gasteiger partial charge on any atom is -0.330 e. The Kier molecular flexibility index (Phi) is 5.97. The van der Waals surface area contributed by atoms with Gasteiger partial charge in [-0.2, -0.15) is 0 Å². The molecule has 0 aliphatic heterocycles. The topological polar surface area (TPSA) is 72.2 Å². The average molecular weight is 339 g/mol. The second-order valence-corrected chi connectivity index (χ2v) is 7.16. The van der Waals surface area contributed by atoms with Gasteiger partial charge in [-0.1, -0.05) is 35.9 Å². The maximum atomic E-state index is 12.1. The van der Waals surface area contributed by atoms with Gasteiger partial charge in [0.25, 0.3) is 0 Å². The van der Waals surface area contributed by atoms with Gasteiger partial charge in [-0.15, -0.1) is 0 Å². The predicted octanol–water partition coefficient (Wildman–Crippen LogP) is 2.36. The number of benzene rings is 2. The minimum absolute atomic E-state index is 0.216. The van der Waals surface area contributed by atoms with Crippen LogP contribution in [-0.2, 0) is 22.9 Å². The largest absolute Gasteiger partial charge is 0.330 e. The van der Waals surface area contributed by atoms with Crippen LogP contribution in [0.2, 0.25) is 5.02 Å². The van der Waals surface area contributed by atoms with Crippen molar-refractivity contribution in [1.82, 2.24) is 4.72 Å². The van der Waals surface area contributed by atoms with Gasteiger partial charge in [-0.25, -0.2) is 13.1 Å². The molecule has 0 aromatic heterocycles. The lowest BCUT2D eigenvalue weighted by atomic mass is 10.1. The summed E-state index contributed by atoms with van der Waals surface area (Å²) in [5, 5.41) is 0.510. The van der Waals surface area contributed by atoms with Crippen LogP contribution < -0.4 is 10.5 Å². The van der Waals surface area contributed by atoms with Crippen molar-refractivity contribution in [2.24, 2.45) is 5.73 Å². The lowest BCUT2D eigenvalue weighted by Crippen LogP contribution is -2.26. The van der Waals surface area contributed by atoms with Gasteiger partial charge in [0.2, 0.25) is 10.0 Å². The molecular weight excluding hydrogens is 320 g/mol. The highest BCUT2D eigenvalue weighted by molar-refractivity contribution is 7.89. The van der Waals surface area contributed by atoms with E-state index in [1.807, 2.05) is 18.2 Å². The van der Waals surface area contributed by atoms with Crippen molar-refractivity contribution in [2.75, 3.05) is 13.1 Å². The van der Waals surface area contributed by atoms with Crippen LogP contribution in [0.4, 0.5) is 0 Å². The number of rotatable bonds is 7. The molecule has 22 heavy (non-hydrogen) atoms. The zero-order chi connectivity index (χ0) is 16.0. The summed E-state index contributed by atoms with van der Waals surface area (Å²) in [5.41, 5.74) is 7.80. The van der Waals surface area contributed by atoms with Crippen molar-refractivity contribution in [3.05, 3.63) is 64.7 Å². The number of hydrogen-bond acceptors (Lipinski definition) is 3. The smallest absolute Gasteiger partial charge is 0.240 e. The summed E-state index contributed by atoms with van der Waals surface area (Å²) in [6, 6.07) is 14.1. The van der Waals surface area contributed by atoms with Gasteiger partial charge >= 0.3 is 0 Å². The van der Waals surface area contributed by atoms with Crippen LogP contribution in [0.1, 0.15) is 11.1 Å². The molecule has 0 unspecified atom stereocenters. The molecule has 4 nitrogen and oxygen atoms in total. The summed E-state index contributed by atoms with van der Waals surface area (Å²) in [6.07, 6.45) is 1.45. The van der Waals surface area contributed by atoms with E-state index in [1.165, 1.54) is 17.7 Å². The Balaban J connectivity index is 1.95. The lowest BCUT2D eigenvalue weighted by molar-refractivity contribution is 0.581. The highest BCUT2D eigenvalue weighted by atomic mass is 35.5. The molecule has 0 heterocycles. The van der Waals surface area contributed by atoms with E-state index in [9.17, 15) is 8.42 Å². The second kappa shape index (κ2) is 7.74. The Labute approximate surface area is 136 Å². The zero-order valence-corrected chi connectivity index (χ0v) is 13.7. The highest BCUT2D eigenvalue weighted by Crippen LogP contribution is 2.14. The van der Waals surface area contributed by atoms with E-state index < -0.39 is 10.0 Å². The van der Waals surface area contributed by atoms with Gasteiger partial charge < -0.3 is 5.73 Å². The molecule has 0 spiro atoms. The molecule has 0 fully saturated rings. The molecule has 0 atom stereocenters. The van der Waals surface area contributed by atoms with Crippen molar-refractivity contribution in [2.45, 2.75) is 17.7 Å². The van der Waals surface area contributed by atoms with Crippen LogP contribution >= 0.6 is 11.6 Å². The van der Waals surface area contributed by atoms with Gasteiger partial charge in [0, 0.05) is 11.6 Å². The first-order chi connectivity index (χ1) is 10.5. The quantitative estimate of drug-likeness (QED) is 0.814. The van der Waals surface area contributed by atoms with Crippen molar-refractivity contribution >= 4 is 21.6 Å². The molecule has 0 radical (unpaired) electrons. The molecule has 0 saturated carbocycles. The first-order valence-corrected chi connectivity index (χ1v) is 8.90. The lowest BCUT2D eigenvalue weighted by Gasteiger charge is -2.08. The predicted molar refractivity (Wildman–Crippen MR) is 89.5 cm³/mol. The Morgan fingerprint density at radius 1 is 1.00 bits per heavy atom. The van der Waals surface area contributed by atoms with Crippen molar-refractivity contribution in [3.63, 3.8) is 0 Å². The SMILES string of the molecule is NCCc1cccc(CCNS(=O)(=O)c2ccc(Cl)cc2)c1. The summed E-state index contributed by atoms with van der Waals surface area (Å²) in [4.78, 5) is 0.216. The fourth-order valence-electron chi connectivity index (χ4n) is 2.13. The van der Waals surface area contributed by atoms with Crippen LogP contribution in [-0.4, -0.2) is 21.5 Å². The van der Waals surface area contributed by atoms with Crippen LogP contribution in [0.15, 0.2) is 53.4 Å². The molecule has 0 aliphatic carbocycles. The van der Waals surface area contributed by atoms with Gasteiger partial charge in [-0.3, -0.25) is 0 Å². The van der Waals surface area contributed by atoms with E-state index in [2.05, 4.69) is 10.8 Å². The molecule has 0 saturated heterocycles. The van der Waals surface area contributed by atoms with Crippen LogP contribution in [0, 0.1) is 0 Å². The number of nitrogens with two attached hydrogens (primary N) is 1. The van der Waals surface area contributed by atoms with Gasteiger partial charge in [0.15, 0.2) is 0 Å². The first-order valence-electron chi connectivity index (χ1n) is 7.04. The van der Waals surface area contributed by atoms with Crippen LogP contribution in [0.3, 0.4) is 0 Å². The molecule has 2 rings (SSSR count). The van der Waals surface area contributed by atoms with Crippen molar-refractivity contribution in [3.8, 4) is 0 Å². The normalized spacial score (nSPS) is 11.5. The molecule has 2 aromatic carbocycles. The van der Waals surface area contributed by atoms with E-state index in [-0.39, 0.29) is 4.90 Å². The number of halogens is 1. The summed E-state index contributed by atoms with van der Waals surface area (Å²) < 4.78 is 26.9. The molecule has 2 aromatic rings. The fourth-order valence-corrected chi connectivity index (χ4v) is 3.29. The maximum Gasteiger partial charge on any atom is 0.240 e. The van der Waals surface area contributed by atoms with Gasteiger partial charge in [0.05, 0.1) is 4.90 Å². The highest BCUT2D eigenvalue weighted by Gasteiger charge is 2.12. The van der Waals surface area contributed by atoms with E-state index in [1.54, 1.807) is 12.1 Å². The number of nitrogens with one attached hydrogen (secondary N) is 1. The Morgan fingerprint density at radius 3 is 2.27 bits per heavy atom. The molecular formula is C16H19ClN2O2S. The average Bonchev–Trinajstić information content (AvgIpc) is 2.48. The molecule has 0 amide bonds. The van der Waals surface area contributed by atoms with Crippen LogP contribution in [0.5, 0.6) is 0 Å². The number of sulfonamides is 1. The monoisotopic (exact) mass is 338 g/mol. The van der Waals surface area contributed by atoms with E-state index in [4.69, 9.17) is 17.3 Å². The first kappa shape index (κ1) is 17.0. The standard InChI is InChI=1S/C16H19ClN2O2S/c17-15-4-6-16(7-5-15)22(20,21)19-11-9-14-3-1-2-13(12-14)8-10-18/h1-7,12,19H,8-11,18H2. The number of hydrogen-bond donors (Lipinski definition) is 2. The van der Waals surface area contributed by atoms with Gasteiger partial charge in [0.1, 0.15) is 0 Å². The van der Waals surface area contributed by atoms with Crippen LogP contribution in [0.25, 0.3) is 0 Å². The molecule has 0 bridgehead atoms. The van der Waals surface area contributed by atoms with Crippen molar-refractivity contribution < 1.29 is 8.42 Å². The summed E-state index contributed by atoms with van der Waals surface area (Å²) in [6.45, 7) is 0.948. The summed E-state index contributed by atoms with van der Waals surface area (Å²) >= 11 is 5.76. The third kappa shape index (κ3) is 4.81. The van der Waals surface area contributed by atoms with E-state index in [0.29, 0.717) is 24.5 Å². The molecule has 118 valence electrons. The summed E-state index contributed by atoms with van der Waals surface area (Å²) in [5.74, 6) is 0. The van der Waals surface area contributed by atoms with E-state index in [0.717, 1.165) is 12.0 Å². The zero-order valence-electron chi connectivity index (χ0n) is 12.1. The van der Waals surface area contributed by atoms with Gasteiger partial charge in [-0.05, 0) is 54.8 Å². The third-order valence-electron chi connectivity index (χ3n) is 3.25. The summed E-state index contributed by atoms with van der Waals surface area (Å²) in [7, 11) is -3.50. The Morgan fingerprint density at radius 2 is 1.64 bits per heavy atom. The molecule has 0 aliphatic rings. The molecule has 3 N–H and O–H groups in total. The Bertz CT molecular complexity index is 715. The Hall–Kier alpha value is -1.40. The maximum absolute atomic E-state index is 12.1. The third-order valence-corrected chi connectivity index (χ3v) is 4.98. The second-order valence-electron chi connectivity index (χ2n) is 4.96.